The minimum absolute atomic E-state index is 0.224. The lowest BCUT2D eigenvalue weighted by Crippen LogP contribution is -2.66. The highest BCUT2D eigenvalue weighted by molar-refractivity contribution is 5.76. The first-order chi connectivity index (χ1) is 43.8. The molecule has 17 atom stereocenters. The molecule has 3 saturated heterocycles. The summed E-state index contributed by atoms with van der Waals surface area (Å²) >= 11 is 0. The van der Waals surface area contributed by atoms with Crippen LogP contribution in [-0.4, -0.2) is 193 Å². The molecular formula is C71H113NO18. The number of aliphatic hydroxyl groups excluding tert-OH is 11. The van der Waals surface area contributed by atoms with Gasteiger partial charge in [0.15, 0.2) is 18.9 Å². The van der Waals surface area contributed by atoms with E-state index >= 15 is 0 Å². The molecule has 0 aromatic carbocycles. The number of rotatable bonds is 47. The van der Waals surface area contributed by atoms with Crippen molar-refractivity contribution in [3.05, 3.63) is 146 Å². The highest BCUT2D eigenvalue weighted by atomic mass is 16.8. The zero-order valence-corrected chi connectivity index (χ0v) is 53.5. The van der Waals surface area contributed by atoms with Crippen LogP contribution in [0.25, 0.3) is 0 Å². The van der Waals surface area contributed by atoms with E-state index in [-0.39, 0.29) is 18.9 Å². The SMILES string of the molecule is CC/C=C\C/C=C\C/C=C\C/C=C\C/C=C\C/C=C\C/C=C\C/C=C\C/C=C\C/C=C\C/C=C\C/C=C\CCCCCCC(=O)NC(COC1OC(CO)C(OC2OC(CO)C(OC3OC(CO)C(O)C(O)C3O)C(O)C2O)C(O)C1O)C(O)CCCCCC. The van der Waals surface area contributed by atoms with Crippen molar-refractivity contribution < 1.29 is 89.4 Å². The fourth-order valence-electron chi connectivity index (χ4n) is 10.1. The summed E-state index contributed by atoms with van der Waals surface area (Å²) in [4.78, 5) is 13.2. The summed E-state index contributed by atoms with van der Waals surface area (Å²) in [6.07, 6.45) is 46.3. The van der Waals surface area contributed by atoms with Crippen LogP contribution >= 0.6 is 0 Å². The second-order valence-electron chi connectivity index (χ2n) is 22.8. The van der Waals surface area contributed by atoms with Crippen molar-refractivity contribution >= 4 is 5.91 Å². The Morgan fingerprint density at radius 3 is 1.18 bits per heavy atom. The first-order valence-corrected chi connectivity index (χ1v) is 33.1. The van der Waals surface area contributed by atoms with Gasteiger partial charge < -0.3 is 89.9 Å². The summed E-state index contributed by atoms with van der Waals surface area (Å²) in [6.45, 7) is 1.47. The maximum atomic E-state index is 13.2. The number of carbonyl (C=O) groups excluding carboxylic acids is 1. The van der Waals surface area contributed by atoms with Gasteiger partial charge in [-0.15, -0.1) is 0 Å². The van der Waals surface area contributed by atoms with Crippen LogP contribution in [0.15, 0.2) is 146 Å². The van der Waals surface area contributed by atoms with E-state index in [0.717, 1.165) is 122 Å². The van der Waals surface area contributed by atoms with E-state index in [4.69, 9.17) is 28.4 Å². The molecule has 0 saturated carbocycles. The lowest BCUT2D eigenvalue weighted by Gasteiger charge is -2.48. The number of nitrogens with one attached hydrogen (secondary N) is 1. The van der Waals surface area contributed by atoms with Crippen LogP contribution in [-0.2, 0) is 33.2 Å². The largest absolute Gasteiger partial charge is 0.394 e. The number of unbranched alkanes of at least 4 members (excludes halogenated alkanes) is 7. The number of carbonyl (C=O) groups is 1. The van der Waals surface area contributed by atoms with Crippen LogP contribution in [0, 0.1) is 0 Å². The maximum Gasteiger partial charge on any atom is 0.220 e. The molecule has 510 valence electrons. The Morgan fingerprint density at radius 2 is 0.767 bits per heavy atom. The van der Waals surface area contributed by atoms with Crippen molar-refractivity contribution in [1.82, 2.24) is 5.32 Å². The summed E-state index contributed by atoms with van der Waals surface area (Å²) in [5.41, 5.74) is 0. The molecule has 3 fully saturated rings. The van der Waals surface area contributed by atoms with Gasteiger partial charge in [0.05, 0.1) is 38.6 Å². The quantitative estimate of drug-likeness (QED) is 0.0203. The van der Waals surface area contributed by atoms with Crippen LogP contribution in [0.2, 0.25) is 0 Å². The van der Waals surface area contributed by atoms with Gasteiger partial charge in [-0.2, -0.15) is 0 Å². The molecular weight excluding hydrogens is 1150 g/mol. The third-order valence-electron chi connectivity index (χ3n) is 15.4. The fraction of sp³-hybridized carbons (Fsp3) is 0.648. The number of amides is 1. The molecule has 0 spiro atoms. The number of hydrogen-bond acceptors (Lipinski definition) is 18. The summed E-state index contributed by atoms with van der Waals surface area (Å²) in [5.74, 6) is -0.285. The third kappa shape index (κ3) is 33.0. The van der Waals surface area contributed by atoms with Gasteiger partial charge in [0.25, 0.3) is 0 Å². The van der Waals surface area contributed by atoms with Crippen LogP contribution in [0.5, 0.6) is 0 Å². The Bertz CT molecular complexity index is 2200. The summed E-state index contributed by atoms with van der Waals surface area (Å²) in [5, 5.41) is 120. The van der Waals surface area contributed by atoms with Gasteiger partial charge in [-0.05, 0) is 103 Å². The molecule has 12 N–H and O–H groups in total. The van der Waals surface area contributed by atoms with Crippen molar-refractivity contribution in [3.63, 3.8) is 0 Å². The molecule has 3 aliphatic heterocycles. The molecule has 0 bridgehead atoms. The lowest BCUT2D eigenvalue weighted by atomic mass is 9.96. The fourth-order valence-corrected chi connectivity index (χ4v) is 10.1. The molecule has 1 amide bonds. The molecule has 90 heavy (non-hydrogen) atoms. The van der Waals surface area contributed by atoms with Crippen molar-refractivity contribution in [3.8, 4) is 0 Å². The highest BCUT2D eigenvalue weighted by Crippen LogP contribution is 2.33. The van der Waals surface area contributed by atoms with Gasteiger partial charge in [0.2, 0.25) is 5.91 Å². The van der Waals surface area contributed by atoms with E-state index in [2.05, 4.69) is 165 Å². The van der Waals surface area contributed by atoms with Gasteiger partial charge >= 0.3 is 0 Å². The predicted octanol–water partition coefficient (Wildman–Crippen LogP) is 7.98. The Labute approximate surface area is 536 Å². The normalized spacial score (nSPS) is 29.0. The first-order valence-electron chi connectivity index (χ1n) is 33.1. The number of allylic oxidation sites excluding steroid dienone is 24. The van der Waals surface area contributed by atoms with Crippen LogP contribution in [0.3, 0.4) is 0 Å². The molecule has 3 heterocycles. The topological polar surface area (TPSA) is 307 Å². The van der Waals surface area contributed by atoms with E-state index in [0.29, 0.717) is 19.3 Å². The summed E-state index contributed by atoms with van der Waals surface area (Å²) < 4.78 is 34.1. The predicted molar refractivity (Wildman–Crippen MR) is 350 cm³/mol. The molecule has 19 nitrogen and oxygen atoms in total. The van der Waals surface area contributed by atoms with E-state index in [1.54, 1.807) is 0 Å². The molecule has 0 aromatic heterocycles. The standard InChI is InChI=1S/C71H113NO18/c1-3-5-7-9-10-11-12-13-14-15-16-17-18-19-20-21-22-23-24-25-26-27-28-29-30-31-32-33-34-35-36-37-38-39-40-41-42-43-44-45-47-49-59(77)72-54(55(76)48-46-8-6-4-2)53-85-69-65(83)62(80)67(57(51-74)87-69)90-71-66(84)63(81)68(58(52-75)88-71)89-70-64(82)61(79)60(78)56(50-73)86-70/h5,7,10-11,13-14,16-17,19-20,22-23,25-26,28-29,31-32,34-35,37-38,40-41,54-58,60-71,73-76,78-84H,3-4,6,8-9,12,15,18,21,24,27,30,33,36,39,42-53H2,1-2H3,(H,72,77)/b7-5-,11-10-,14-13-,17-16-,20-19-,23-22-,26-25-,29-28-,32-31-,35-34-,38-37-,41-40-. The zero-order valence-electron chi connectivity index (χ0n) is 53.5. The van der Waals surface area contributed by atoms with Gasteiger partial charge in [0.1, 0.15) is 73.2 Å². The average Bonchev–Trinajstić information content (AvgIpc) is 1.63. The van der Waals surface area contributed by atoms with Gasteiger partial charge in [-0.3, -0.25) is 4.79 Å². The van der Waals surface area contributed by atoms with Crippen LogP contribution in [0.4, 0.5) is 0 Å². The number of aliphatic hydroxyl groups is 11. The Morgan fingerprint density at radius 1 is 0.411 bits per heavy atom. The molecule has 0 radical (unpaired) electrons. The van der Waals surface area contributed by atoms with E-state index < -0.39 is 124 Å². The lowest BCUT2D eigenvalue weighted by molar-refractivity contribution is -0.379. The molecule has 3 rings (SSSR count). The van der Waals surface area contributed by atoms with Gasteiger partial charge in [-0.25, -0.2) is 0 Å². The Balaban J connectivity index is 1.27. The molecule has 17 unspecified atom stereocenters. The van der Waals surface area contributed by atoms with E-state index in [1.165, 1.54) is 0 Å². The molecule has 0 aromatic rings. The minimum Gasteiger partial charge on any atom is -0.394 e. The van der Waals surface area contributed by atoms with Crippen molar-refractivity contribution in [1.29, 1.82) is 0 Å². The molecule has 0 aliphatic carbocycles. The first kappa shape index (κ1) is 79.9. The van der Waals surface area contributed by atoms with E-state index in [1.807, 2.05) is 0 Å². The second kappa shape index (κ2) is 51.1. The number of ether oxygens (including phenoxy) is 6. The molecule has 3 aliphatic rings. The number of hydrogen-bond donors (Lipinski definition) is 12. The Hall–Kier alpha value is -4.33. The van der Waals surface area contributed by atoms with Crippen LogP contribution < -0.4 is 5.32 Å². The van der Waals surface area contributed by atoms with Crippen LogP contribution in [0.1, 0.15) is 162 Å². The smallest absolute Gasteiger partial charge is 0.220 e. The second-order valence-corrected chi connectivity index (χ2v) is 22.8. The van der Waals surface area contributed by atoms with Crippen molar-refractivity contribution in [2.45, 2.75) is 266 Å². The highest BCUT2D eigenvalue weighted by Gasteiger charge is 2.53. The third-order valence-corrected chi connectivity index (χ3v) is 15.4. The van der Waals surface area contributed by atoms with E-state index in [9.17, 15) is 61.0 Å². The maximum absolute atomic E-state index is 13.2. The minimum atomic E-state index is -1.98. The summed E-state index contributed by atoms with van der Waals surface area (Å²) in [6, 6.07) is -0.907. The molecule has 19 heteroatoms. The summed E-state index contributed by atoms with van der Waals surface area (Å²) in [7, 11) is 0. The average molecular weight is 1270 g/mol. The van der Waals surface area contributed by atoms with Crippen molar-refractivity contribution in [2.24, 2.45) is 0 Å². The van der Waals surface area contributed by atoms with Crippen molar-refractivity contribution in [2.75, 3.05) is 26.4 Å². The monoisotopic (exact) mass is 1270 g/mol. The van der Waals surface area contributed by atoms with Gasteiger partial charge in [-0.1, -0.05) is 198 Å². The van der Waals surface area contributed by atoms with Gasteiger partial charge in [0, 0.05) is 6.42 Å². The zero-order chi connectivity index (χ0) is 65.4. The Kier molecular flexibility index (Phi) is 45.4.